The lowest BCUT2D eigenvalue weighted by atomic mass is 9.91. The summed E-state index contributed by atoms with van der Waals surface area (Å²) in [6.45, 7) is 6.01. The standard InChI is InChI=1S/C20H26N6/c1-14(2)24-12-21-19-23-18(15-8-4-3-5-9-15)26-17-11-7-6-10-16(17)22-20(26)25(19)13-24/h3-4,6-7,10-11,14-15,18H,5,8-9,12-13H2,1-2H3,(H,21,23)/t15-,18+/m0/s1. The van der Waals surface area contributed by atoms with Crippen molar-refractivity contribution in [2.24, 2.45) is 10.9 Å². The molecule has 0 unspecified atom stereocenters. The predicted molar refractivity (Wildman–Crippen MR) is 105 cm³/mol. The zero-order valence-corrected chi connectivity index (χ0v) is 15.5. The molecule has 1 aliphatic carbocycles. The first kappa shape index (κ1) is 15.9. The number of aromatic nitrogens is 2. The Morgan fingerprint density at radius 3 is 2.88 bits per heavy atom. The second kappa shape index (κ2) is 6.13. The first-order valence-electron chi connectivity index (χ1n) is 9.67. The monoisotopic (exact) mass is 350 g/mol. The number of allylic oxidation sites excluding steroid dienone is 2. The number of guanidine groups is 1. The fourth-order valence-electron chi connectivity index (χ4n) is 4.27. The van der Waals surface area contributed by atoms with Crippen LogP contribution in [0, 0.1) is 5.92 Å². The molecule has 6 nitrogen and oxygen atoms in total. The molecule has 1 aromatic carbocycles. The Morgan fingerprint density at radius 2 is 2.08 bits per heavy atom. The van der Waals surface area contributed by atoms with Crippen LogP contribution < -0.4 is 10.2 Å². The highest BCUT2D eigenvalue weighted by Gasteiger charge is 2.38. The summed E-state index contributed by atoms with van der Waals surface area (Å²) < 4.78 is 2.40. The average molecular weight is 350 g/mol. The van der Waals surface area contributed by atoms with Crippen LogP contribution in [0.15, 0.2) is 41.4 Å². The Labute approximate surface area is 154 Å². The fourth-order valence-corrected chi connectivity index (χ4v) is 4.27. The molecule has 1 aromatic heterocycles. The van der Waals surface area contributed by atoms with E-state index in [0.29, 0.717) is 12.0 Å². The van der Waals surface area contributed by atoms with Crippen LogP contribution in [0.1, 0.15) is 39.3 Å². The summed E-state index contributed by atoms with van der Waals surface area (Å²) >= 11 is 0. The summed E-state index contributed by atoms with van der Waals surface area (Å²) in [5.41, 5.74) is 2.26. The van der Waals surface area contributed by atoms with Crippen LogP contribution in [0.25, 0.3) is 11.0 Å². The predicted octanol–water partition coefficient (Wildman–Crippen LogP) is 3.30. The number of aliphatic imine (C=N–C) groups is 1. The third-order valence-corrected chi connectivity index (χ3v) is 5.84. The molecular formula is C20H26N6. The SMILES string of the molecule is CC(C)N1CN=C2N[C@@H]([C@H]3CC=CCC3)n3c(nc4ccccc43)N2C1. The molecule has 5 rings (SSSR count). The van der Waals surface area contributed by atoms with E-state index in [2.05, 4.69) is 69.9 Å². The average Bonchev–Trinajstić information content (AvgIpc) is 3.07. The van der Waals surface area contributed by atoms with Gasteiger partial charge in [-0.15, -0.1) is 0 Å². The molecule has 0 radical (unpaired) electrons. The molecule has 6 heteroatoms. The Balaban J connectivity index is 1.64. The lowest BCUT2D eigenvalue weighted by Gasteiger charge is -2.44. The van der Waals surface area contributed by atoms with E-state index in [0.717, 1.165) is 43.6 Å². The third-order valence-electron chi connectivity index (χ3n) is 5.84. The lowest BCUT2D eigenvalue weighted by molar-refractivity contribution is 0.212. The largest absolute Gasteiger partial charge is 0.335 e. The molecule has 0 spiro atoms. The van der Waals surface area contributed by atoms with Crippen molar-refractivity contribution in [2.75, 3.05) is 18.2 Å². The molecule has 2 atom stereocenters. The van der Waals surface area contributed by atoms with E-state index in [1.165, 1.54) is 11.9 Å². The Kier molecular flexibility index (Phi) is 3.74. The molecule has 0 bridgehead atoms. The Bertz CT molecular complexity index is 880. The second-order valence-corrected chi connectivity index (χ2v) is 7.78. The number of para-hydroxylation sites is 2. The summed E-state index contributed by atoms with van der Waals surface area (Å²) in [4.78, 5) is 14.4. The van der Waals surface area contributed by atoms with E-state index in [1.54, 1.807) is 0 Å². The van der Waals surface area contributed by atoms with Gasteiger partial charge in [0.05, 0.1) is 24.4 Å². The van der Waals surface area contributed by atoms with E-state index >= 15 is 0 Å². The molecule has 3 heterocycles. The lowest BCUT2D eigenvalue weighted by Crippen LogP contribution is -2.59. The molecule has 136 valence electrons. The van der Waals surface area contributed by atoms with Crippen molar-refractivity contribution in [1.82, 2.24) is 19.8 Å². The van der Waals surface area contributed by atoms with Crippen molar-refractivity contribution < 1.29 is 0 Å². The number of hydrogen-bond donors (Lipinski definition) is 1. The Morgan fingerprint density at radius 1 is 1.19 bits per heavy atom. The van der Waals surface area contributed by atoms with Crippen LogP contribution in [-0.2, 0) is 0 Å². The summed E-state index contributed by atoms with van der Waals surface area (Å²) in [6, 6.07) is 8.93. The summed E-state index contributed by atoms with van der Waals surface area (Å²) in [5.74, 6) is 2.56. The van der Waals surface area contributed by atoms with Gasteiger partial charge >= 0.3 is 0 Å². The topological polar surface area (TPSA) is 48.7 Å². The number of anilines is 1. The van der Waals surface area contributed by atoms with E-state index in [4.69, 9.17) is 9.98 Å². The number of fused-ring (bicyclic) bond motifs is 5. The smallest absolute Gasteiger partial charge is 0.216 e. The zero-order valence-electron chi connectivity index (χ0n) is 15.5. The van der Waals surface area contributed by atoms with Gasteiger partial charge in [-0.05, 0) is 45.2 Å². The molecular weight excluding hydrogens is 324 g/mol. The number of nitrogens with zero attached hydrogens (tertiary/aromatic N) is 5. The molecule has 1 N–H and O–H groups in total. The van der Waals surface area contributed by atoms with Gasteiger partial charge in [0.2, 0.25) is 11.9 Å². The first-order chi connectivity index (χ1) is 12.7. The van der Waals surface area contributed by atoms with Crippen LogP contribution in [0.5, 0.6) is 0 Å². The van der Waals surface area contributed by atoms with Gasteiger partial charge < -0.3 is 5.32 Å². The van der Waals surface area contributed by atoms with Gasteiger partial charge in [0.1, 0.15) is 6.17 Å². The van der Waals surface area contributed by atoms with Crippen molar-refractivity contribution >= 4 is 22.9 Å². The minimum atomic E-state index is 0.211. The summed E-state index contributed by atoms with van der Waals surface area (Å²) in [5, 5.41) is 3.76. The van der Waals surface area contributed by atoms with E-state index in [1.807, 2.05) is 0 Å². The van der Waals surface area contributed by atoms with Gasteiger partial charge in [-0.1, -0.05) is 24.3 Å². The number of nitrogens with one attached hydrogen (secondary N) is 1. The van der Waals surface area contributed by atoms with Gasteiger partial charge in [0.15, 0.2) is 0 Å². The highest BCUT2D eigenvalue weighted by Crippen LogP contribution is 2.37. The van der Waals surface area contributed by atoms with Crippen LogP contribution >= 0.6 is 0 Å². The first-order valence-corrected chi connectivity index (χ1v) is 9.67. The molecule has 0 saturated heterocycles. The zero-order chi connectivity index (χ0) is 17.7. The van der Waals surface area contributed by atoms with E-state index < -0.39 is 0 Å². The van der Waals surface area contributed by atoms with Gasteiger partial charge in [0.25, 0.3) is 0 Å². The highest BCUT2D eigenvalue weighted by atomic mass is 15.5. The van der Waals surface area contributed by atoms with Gasteiger partial charge in [0, 0.05) is 12.0 Å². The van der Waals surface area contributed by atoms with E-state index in [-0.39, 0.29) is 6.17 Å². The third kappa shape index (κ3) is 2.43. The molecule has 0 amide bonds. The maximum Gasteiger partial charge on any atom is 0.216 e. The van der Waals surface area contributed by atoms with Crippen LogP contribution in [0.4, 0.5) is 5.95 Å². The number of hydrogen-bond acceptors (Lipinski definition) is 5. The maximum atomic E-state index is 5.00. The number of imidazole rings is 1. The molecule has 3 aliphatic rings. The quantitative estimate of drug-likeness (QED) is 0.845. The highest BCUT2D eigenvalue weighted by molar-refractivity contribution is 5.98. The fraction of sp³-hybridized carbons (Fsp3) is 0.500. The van der Waals surface area contributed by atoms with Crippen molar-refractivity contribution in [3.63, 3.8) is 0 Å². The molecule has 26 heavy (non-hydrogen) atoms. The molecule has 2 aromatic rings. The normalized spacial score (nSPS) is 25.8. The van der Waals surface area contributed by atoms with Crippen LogP contribution in [-0.4, -0.2) is 39.8 Å². The number of benzene rings is 1. The minimum absolute atomic E-state index is 0.211. The second-order valence-electron chi connectivity index (χ2n) is 7.78. The van der Waals surface area contributed by atoms with Crippen molar-refractivity contribution in [1.29, 1.82) is 0 Å². The Hall–Kier alpha value is -2.34. The van der Waals surface area contributed by atoms with Crippen molar-refractivity contribution in [3.05, 3.63) is 36.4 Å². The van der Waals surface area contributed by atoms with Crippen molar-refractivity contribution in [3.8, 4) is 0 Å². The van der Waals surface area contributed by atoms with Crippen molar-refractivity contribution in [2.45, 2.75) is 45.3 Å². The summed E-state index contributed by atoms with van der Waals surface area (Å²) in [6.07, 6.45) is 8.30. The number of rotatable bonds is 2. The molecule has 2 aliphatic heterocycles. The van der Waals surface area contributed by atoms with Crippen LogP contribution in [0.2, 0.25) is 0 Å². The van der Waals surface area contributed by atoms with Gasteiger partial charge in [-0.25, -0.2) is 9.98 Å². The van der Waals surface area contributed by atoms with Gasteiger partial charge in [-0.2, -0.15) is 0 Å². The van der Waals surface area contributed by atoms with E-state index in [9.17, 15) is 0 Å². The summed E-state index contributed by atoms with van der Waals surface area (Å²) in [7, 11) is 0. The minimum Gasteiger partial charge on any atom is -0.335 e. The van der Waals surface area contributed by atoms with Crippen LogP contribution in [0.3, 0.4) is 0 Å². The maximum absolute atomic E-state index is 5.00. The molecule has 0 fully saturated rings. The molecule has 0 saturated carbocycles. The van der Waals surface area contributed by atoms with Gasteiger partial charge in [-0.3, -0.25) is 14.4 Å².